The Hall–Kier alpha value is -2.13. The number of rotatable bonds is 2. The van der Waals surface area contributed by atoms with Crippen LogP contribution in [0.2, 0.25) is 0 Å². The van der Waals surface area contributed by atoms with Gasteiger partial charge in [-0.1, -0.05) is 36.4 Å². The van der Waals surface area contributed by atoms with Crippen molar-refractivity contribution in [1.29, 1.82) is 0 Å². The van der Waals surface area contributed by atoms with Crippen LogP contribution >= 0.6 is 0 Å². The first-order valence-corrected chi connectivity index (χ1v) is 6.41. The van der Waals surface area contributed by atoms with Crippen molar-refractivity contribution in [3.8, 4) is 0 Å². The Balaban J connectivity index is 2.14. The molecule has 0 aliphatic heterocycles. The molecule has 0 saturated carbocycles. The summed E-state index contributed by atoms with van der Waals surface area (Å²) in [5, 5.41) is 0. The quantitative estimate of drug-likeness (QED) is 0.761. The second kappa shape index (κ2) is 4.52. The molecule has 96 valence electrons. The van der Waals surface area contributed by atoms with E-state index >= 15 is 0 Å². The summed E-state index contributed by atoms with van der Waals surface area (Å²) < 4.78 is 2.08. The third kappa shape index (κ3) is 1.92. The Morgan fingerprint density at radius 1 is 1.05 bits per heavy atom. The maximum atomic E-state index is 6.40. The van der Waals surface area contributed by atoms with Crippen LogP contribution in [0, 0.1) is 6.92 Å². The topological polar surface area (TPSA) is 43.8 Å². The summed E-state index contributed by atoms with van der Waals surface area (Å²) in [4.78, 5) is 4.67. The van der Waals surface area contributed by atoms with Crippen molar-refractivity contribution < 1.29 is 0 Å². The Morgan fingerprint density at radius 2 is 1.74 bits per heavy atom. The Labute approximate surface area is 112 Å². The van der Waals surface area contributed by atoms with Crippen LogP contribution in [0.15, 0.2) is 48.5 Å². The standard InChI is InChI=1S/C16H17N3/c1-11-7-3-4-8-12(11)15(17)16-18-13-9-5-6-10-14(13)19(16)2/h3-10,15H,17H2,1-2H3. The van der Waals surface area contributed by atoms with Gasteiger partial charge in [-0.05, 0) is 30.2 Å². The van der Waals surface area contributed by atoms with Crippen LogP contribution in [-0.2, 0) is 7.05 Å². The third-order valence-corrected chi connectivity index (χ3v) is 3.62. The number of aryl methyl sites for hydroxylation is 2. The normalized spacial score (nSPS) is 12.8. The zero-order valence-corrected chi connectivity index (χ0v) is 11.2. The van der Waals surface area contributed by atoms with Crippen molar-refractivity contribution in [3.63, 3.8) is 0 Å². The molecule has 0 saturated heterocycles. The molecule has 0 aliphatic rings. The summed E-state index contributed by atoms with van der Waals surface area (Å²) >= 11 is 0. The maximum absolute atomic E-state index is 6.40. The summed E-state index contributed by atoms with van der Waals surface area (Å²) in [7, 11) is 2.02. The highest BCUT2D eigenvalue weighted by molar-refractivity contribution is 5.76. The van der Waals surface area contributed by atoms with Crippen molar-refractivity contribution in [3.05, 3.63) is 65.5 Å². The van der Waals surface area contributed by atoms with Gasteiger partial charge in [-0.15, -0.1) is 0 Å². The number of nitrogens with zero attached hydrogens (tertiary/aromatic N) is 2. The van der Waals surface area contributed by atoms with Gasteiger partial charge in [-0.25, -0.2) is 4.98 Å². The number of benzene rings is 2. The second-order valence-electron chi connectivity index (χ2n) is 4.85. The zero-order valence-electron chi connectivity index (χ0n) is 11.2. The second-order valence-corrected chi connectivity index (χ2v) is 4.85. The van der Waals surface area contributed by atoms with E-state index < -0.39 is 0 Å². The molecular formula is C16H17N3. The molecule has 3 aromatic rings. The summed E-state index contributed by atoms with van der Waals surface area (Å²) in [6.45, 7) is 2.08. The van der Waals surface area contributed by atoms with Gasteiger partial charge in [0.15, 0.2) is 0 Å². The maximum Gasteiger partial charge on any atom is 0.131 e. The number of imidazole rings is 1. The highest BCUT2D eigenvalue weighted by Gasteiger charge is 2.17. The van der Waals surface area contributed by atoms with E-state index in [1.807, 2.05) is 37.4 Å². The molecule has 1 heterocycles. The molecule has 0 amide bonds. The molecule has 0 bridgehead atoms. The van der Waals surface area contributed by atoms with Gasteiger partial charge in [-0.2, -0.15) is 0 Å². The summed E-state index contributed by atoms with van der Waals surface area (Å²) in [5.41, 5.74) is 10.8. The minimum atomic E-state index is -0.196. The fourth-order valence-electron chi connectivity index (χ4n) is 2.52. The third-order valence-electron chi connectivity index (χ3n) is 3.62. The molecule has 1 unspecified atom stereocenters. The first kappa shape index (κ1) is 11.9. The minimum Gasteiger partial charge on any atom is -0.330 e. The number of hydrogen-bond acceptors (Lipinski definition) is 2. The molecule has 3 nitrogen and oxygen atoms in total. The lowest BCUT2D eigenvalue weighted by molar-refractivity contribution is 0.725. The van der Waals surface area contributed by atoms with Crippen LogP contribution in [-0.4, -0.2) is 9.55 Å². The van der Waals surface area contributed by atoms with Crippen molar-refractivity contribution >= 4 is 11.0 Å². The summed E-state index contributed by atoms with van der Waals surface area (Å²) in [6, 6.07) is 16.1. The van der Waals surface area contributed by atoms with Gasteiger partial charge in [-0.3, -0.25) is 0 Å². The molecule has 2 aromatic carbocycles. The SMILES string of the molecule is Cc1ccccc1C(N)c1nc2ccccc2n1C. The summed E-state index contributed by atoms with van der Waals surface area (Å²) in [6.07, 6.45) is 0. The minimum absolute atomic E-state index is 0.196. The highest BCUT2D eigenvalue weighted by atomic mass is 15.1. The largest absolute Gasteiger partial charge is 0.330 e. The molecule has 0 radical (unpaired) electrons. The van der Waals surface area contributed by atoms with Gasteiger partial charge in [0, 0.05) is 7.05 Å². The van der Waals surface area contributed by atoms with E-state index in [0.717, 1.165) is 22.4 Å². The van der Waals surface area contributed by atoms with E-state index in [1.54, 1.807) is 0 Å². The summed E-state index contributed by atoms with van der Waals surface area (Å²) in [5.74, 6) is 0.899. The molecular weight excluding hydrogens is 234 g/mol. The van der Waals surface area contributed by atoms with E-state index in [-0.39, 0.29) is 6.04 Å². The van der Waals surface area contributed by atoms with Crippen molar-refractivity contribution in [2.24, 2.45) is 12.8 Å². The lowest BCUT2D eigenvalue weighted by Crippen LogP contribution is -2.17. The first-order chi connectivity index (χ1) is 9.18. The molecule has 3 heteroatoms. The van der Waals surface area contributed by atoms with Crippen LogP contribution < -0.4 is 5.73 Å². The van der Waals surface area contributed by atoms with Crippen molar-refractivity contribution in [2.45, 2.75) is 13.0 Å². The van der Waals surface area contributed by atoms with Crippen molar-refractivity contribution in [2.75, 3.05) is 0 Å². The zero-order chi connectivity index (χ0) is 13.4. The predicted octanol–water partition coefficient (Wildman–Crippen LogP) is 2.93. The molecule has 1 atom stereocenters. The monoisotopic (exact) mass is 251 g/mol. The van der Waals surface area contributed by atoms with E-state index in [4.69, 9.17) is 5.73 Å². The molecule has 19 heavy (non-hydrogen) atoms. The molecule has 2 N–H and O–H groups in total. The van der Waals surface area contributed by atoms with Gasteiger partial charge < -0.3 is 10.3 Å². The van der Waals surface area contributed by atoms with Crippen LogP contribution in [0.1, 0.15) is 23.0 Å². The number of nitrogens with two attached hydrogens (primary N) is 1. The van der Waals surface area contributed by atoms with Crippen LogP contribution in [0.25, 0.3) is 11.0 Å². The predicted molar refractivity (Wildman–Crippen MR) is 77.9 cm³/mol. The van der Waals surface area contributed by atoms with E-state index in [1.165, 1.54) is 5.56 Å². The average Bonchev–Trinajstić information content (AvgIpc) is 2.77. The smallest absolute Gasteiger partial charge is 0.131 e. The Kier molecular flexibility index (Phi) is 2.84. The van der Waals surface area contributed by atoms with Gasteiger partial charge in [0.05, 0.1) is 17.1 Å². The fraction of sp³-hybridized carbons (Fsp3) is 0.188. The van der Waals surface area contributed by atoms with E-state index in [2.05, 4.69) is 34.7 Å². The van der Waals surface area contributed by atoms with Gasteiger partial charge in [0.2, 0.25) is 0 Å². The lowest BCUT2D eigenvalue weighted by Gasteiger charge is -2.14. The Bertz CT molecular complexity index is 728. The van der Waals surface area contributed by atoms with E-state index in [9.17, 15) is 0 Å². The Morgan fingerprint density at radius 3 is 2.47 bits per heavy atom. The number of hydrogen-bond donors (Lipinski definition) is 1. The lowest BCUT2D eigenvalue weighted by atomic mass is 10.0. The first-order valence-electron chi connectivity index (χ1n) is 6.41. The number of fused-ring (bicyclic) bond motifs is 1. The molecule has 3 rings (SSSR count). The van der Waals surface area contributed by atoms with Crippen LogP contribution in [0.4, 0.5) is 0 Å². The number of aromatic nitrogens is 2. The molecule has 0 aliphatic carbocycles. The van der Waals surface area contributed by atoms with Crippen molar-refractivity contribution in [1.82, 2.24) is 9.55 Å². The number of para-hydroxylation sites is 2. The highest BCUT2D eigenvalue weighted by Crippen LogP contribution is 2.24. The van der Waals surface area contributed by atoms with Crippen LogP contribution in [0.3, 0.4) is 0 Å². The van der Waals surface area contributed by atoms with Crippen LogP contribution in [0.5, 0.6) is 0 Å². The molecule has 0 fully saturated rings. The van der Waals surface area contributed by atoms with E-state index in [0.29, 0.717) is 0 Å². The average molecular weight is 251 g/mol. The fourth-order valence-corrected chi connectivity index (χ4v) is 2.52. The van der Waals surface area contributed by atoms with Gasteiger partial charge in [0.1, 0.15) is 5.82 Å². The molecule has 0 spiro atoms. The van der Waals surface area contributed by atoms with Gasteiger partial charge in [0.25, 0.3) is 0 Å². The van der Waals surface area contributed by atoms with Gasteiger partial charge >= 0.3 is 0 Å². The molecule has 1 aromatic heterocycles.